The Kier molecular flexibility index (Phi) is 4.59. The van der Waals surface area contributed by atoms with Gasteiger partial charge in [-0.2, -0.15) is 0 Å². The third-order valence-corrected chi connectivity index (χ3v) is 4.11. The highest BCUT2D eigenvalue weighted by molar-refractivity contribution is 6.50. The first-order chi connectivity index (χ1) is 11.6. The lowest BCUT2D eigenvalue weighted by Gasteiger charge is -2.12. The molecule has 0 amide bonds. The van der Waals surface area contributed by atoms with Crippen LogP contribution in [0.5, 0.6) is 0 Å². The minimum atomic E-state index is -0.555. The normalized spacial score (nSPS) is 10.4. The number of hydrogen-bond acceptors (Lipinski definition) is 2. The summed E-state index contributed by atoms with van der Waals surface area (Å²) in [5, 5.41) is 0.432. The van der Waals surface area contributed by atoms with Gasteiger partial charge in [0.1, 0.15) is 0 Å². The monoisotopic (exact) mass is 334 g/mol. The lowest BCUT2D eigenvalue weighted by molar-refractivity contribution is 0.0817. The Morgan fingerprint density at radius 3 is 2.21 bits per heavy atom. The summed E-state index contributed by atoms with van der Waals surface area (Å²) >= 11 is 5.93. The topological polar surface area (TPSA) is 34.1 Å². The Labute approximate surface area is 145 Å². The zero-order valence-corrected chi connectivity index (χ0v) is 13.9. The second-order valence-electron chi connectivity index (χ2n) is 5.53. The van der Waals surface area contributed by atoms with Crippen molar-refractivity contribution < 1.29 is 9.59 Å². The van der Waals surface area contributed by atoms with E-state index in [4.69, 9.17) is 11.6 Å². The first-order valence-corrected chi connectivity index (χ1v) is 7.95. The van der Waals surface area contributed by atoms with Crippen LogP contribution in [0.15, 0.2) is 72.8 Å². The zero-order chi connectivity index (χ0) is 17.1. The van der Waals surface area contributed by atoms with Crippen LogP contribution in [0.1, 0.15) is 26.3 Å². The van der Waals surface area contributed by atoms with Crippen molar-refractivity contribution in [3.63, 3.8) is 0 Å². The third kappa shape index (κ3) is 3.15. The average Bonchev–Trinajstić information content (AvgIpc) is 2.61. The molecule has 0 heterocycles. The Bertz CT molecular complexity index is 914. The fourth-order valence-corrected chi connectivity index (χ4v) is 2.92. The molecule has 0 N–H and O–H groups in total. The summed E-state index contributed by atoms with van der Waals surface area (Å²) in [6.07, 6.45) is 0. The molecule has 0 saturated carbocycles. The van der Waals surface area contributed by atoms with Crippen molar-refractivity contribution in [1.82, 2.24) is 0 Å². The molecule has 0 aliphatic carbocycles. The van der Waals surface area contributed by atoms with E-state index >= 15 is 0 Å². The van der Waals surface area contributed by atoms with Gasteiger partial charge in [0.05, 0.1) is 0 Å². The van der Waals surface area contributed by atoms with Gasteiger partial charge in [-0.1, -0.05) is 72.3 Å². The molecule has 3 heteroatoms. The fourth-order valence-electron chi connectivity index (χ4n) is 2.73. The number of rotatable bonds is 4. The first-order valence-electron chi connectivity index (χ1n) is 7.57. The zero-order valence-electron chi connectivity index (χ0n) is 13.1. The molecule has 0 saturated heterocycles. The van der Waals surface area contributed by atoms with E-state index in [2.05, 4.69) is 0 Å². The van der Waals surface area contributed by atoms with Crippen LogP contribution in [-0.2, 0) is 0 Å². The summed E-state index contributed by atoms with van der Waals surface area (Å²) < 4.78 is 0. The van der Waals surface area contributed by atoms with Gasteiger partial charge in [-0.3, -0.25) is 9.59 Å². The largest absolute Gasteiger partial charge is 0.285 e. The molecule has 24 heavy (non-hydrogen) atoms. The highest BCUT2D eigenvalue weighted by Gasteiger charge is 2.22. The van der Waals surface area contributed by atoms with Gasteiger partial charge in [0.15, 0.2) is 0 Å². The lowest BCUT2D eigenvalue weighted by atomic mass is 9.90. The van der Waals surface area contributed by atoms with Crippen molar-refractivity contribution in [2.45, 2.75) is 6.92 Å². The summed E-state index contributed by atoms with van der Waals surface area (Å²) in [5.41, 5.74) is 3.36. The number of ketones is 2. The second kappa shape index (κ2) is 6.81. The van der Waals surface area contributed by atoms with Crippen LogP contribution in [0.4, 0.5) is 0 Å². The van der Waals surface area contributed by atoms with Crippen LogP contribution in [0.3, 0.4) is 0 Å². The molecule has 118 valence electrons. The number of halogens is 1. The third-order valence-electron chi connectivity index (χ3n) is 3.87. The summed E-state index contributed by atoms with van der Waals surface area (Å²) in [6.45, 7) is 1.93. The fraction of sp³-hybridized carbons (Fsp3) is 0.0476. The van der Waals surface area contributed by atoms with Crippen molar-refractivity contribution >= 4 is 23.2 Å². The number of benzene rings is 3. The van der Waals surface area contributed by atoms with Gasteiger partial charge in [-0.05, 0) is 35.7 Å². The Balaban J connectivity index is 2.08. The van der Waals surface area contributed by atoms with Crippen LogP contribution >= 0.6 is 11.6 Å². The molecule has 0 spiro atoms. The number of carbonyl (C=O) groups is 2. The maximum Gasteiger partial charge on any atom is 0.234 e. The van der Waals surface area contributed by atoms with Gasteiger partial charge in [0, 0.05) is 16.1 Å². The van der Waals surface area contributed by atoms with Crippen molar-refractivity contribution in [3.05, 3.63) is 94.5 Å². The van der Waals surface area contributed by atoms with E-state index in [1.165, 1.54) is 6.07 Å². The summed E-state index contributed by atoms with van der Waals surface area (Å²) in [4.78, 5) is 25.4. The molecule has 0 fully saturated rings. The van der Waals surface area contributed by atoms with Crippen LogP contribution in [0.2, 0.25) is 5.02 Å². The summed E-state index contributed by atoms with van der Waals surface area (Å²) in [7, 11) is 0. The highest BCUT2D eigenvalue weighted by atomic mass is 35.5. The standard InChI is InChI=1S/C21H15ClO2/c1-14-7-5-12-18(19(14)15-8-3-2-4-9-15)21(24)20(23)16-10-6-11-17(22)13-16/h2-13H,1H3. The minimum absolute atomic E-state index is 0.299. The maximum atomic E-state index is 12.8. The average molecular weight is 335 g/mol. The van der Waals surface area contributed by atoms with E-state index in [-0.39, 0.29) is 0 Å². The minimum Gasteiger partial charge on any atom is -0.285 e. The van der Waals surface area contributed by atoms with E-state index in [0.717, 1.165) is 16.7 Å². The van der Waals surface area contributed by atoms with Gasteiger partial charge in [-0.15, -0.1) is 0 Å². The summed E-state index contributed by atoms with van der Waals surface area (Å²) in [5.74, 6) is -1.08. The molecule has 3 rings (SSSR count). The van der Waals surface area contributed by atoms with E-state index in [1.807, 2.05) is 43.3 Å². The SMILES string of the molecule is Cc1cccc(C(=O)C(=O)c2cccc(Cl)c2)c1-c1ccccc1. The van der Waals surface area contributed by atoms with Crippen molar-refractivity contribution in [2.24, 2.45) is 0 Å². The quantitative estimate of drug-likeness (QED) is 0.474. The van der Waals surface area contributed by atoms with Crippen LogP contribution < -0.4 is 0 Å². The lowest BCUT2D eigenvalue weighted by Crippen LogP contribution is -2.16. The molecule has 0 aliphatic heterocycles. The molecular weight excluding hydrogens is 320 g/mol. The van der Waals surface area contributed by atoms with Gasteiger partial charge in [0.2, 0.25) is 11.6 Å². The molecule has 0 unspecified atom stereocenters. The molecule has 0 bridgehead atoms. The number of aryl methyl sites for hydroxylation is 1. The molecular formula is C21H15ClO2. The van der Waals surface area contributed by atoms with Gasteiger partial charge < -0.3 is 0 Å². The molecule has 3 aromatic rings. The first kappa shape index (κ1) is 16.2. The van der Waals surface area contributed by atoms with Crippen molar-refractivity contribution in [3.8, 4) is 11.1 Å². The van der Waals surface area contributed by atoms with Crippen LogP contribution in [0, 0.1) is 6.92 Å². The van der Waals surface area contributed by atoms with Gasteiger partial charge in [0.25, 0.3) is 0 Å². The number of Topliss-reactive ketones (excluding diaryl/α,β-unsaturated/α-hetero) is 2. The Morgan fingerprint density at radius 2 is 1.50 bits per heavy atom. The van der Waals surface area contributed by atoms with E-state index in [1.54, 1.807) is 30.3 Å². The van der Waals surface area contributed by atoms with Gasteiger partial charge in [-0.25, -0.2) is 0 Å². The molecule has 0 atom stereocenters. The molecule has 0 radical (unpaired) electrons. The number of hydrogen-bond donors (Lipinski definition) is 0. The van der Waals surface area contributed by atoms with E-state index in [0.29, 0.717) is 16.1 Å². The maximum absolute atomic E-state index is 12.8. The molecule has 3 aromatic carbocycles. The predicted octanol–water partition coefficient (Wildman–Crippen LogP) is 5.38. The predicted molar refractivity (Wildman–Crippen MR) is 96.7 cm³/mol. The van der Waals surface area contributed by atoms with Crippen molar-refractivity contribution in [2.75, 3.05) is 0 Å². The smallest absolute Gasteiger partial charge is 0.234 e. The molecule has 2 nitrogen and oxygen atoms in total. The Morgan fingerprint density at radius 1 is 0.792 bits per heavy atom. The Hall–Kier alpha value is -2.71. The van der Waals surface area contributed by atoms with E-state index < -0.39 is 11.6 Å². The summed E-state index contributed by atoms with van der Waals surface area (Å²) in [6, 6.07) is 21.5. The molecule has 0 aliphatic rings. The van der Waals surface area contributed by atoms with Gasteiger partial charge >= 0.3 is 0 Å². The second-order valence-corrected chi connectivity index (χ2v) is 5.97. The number of carbonyl (C=O) groups excluding carboxylic acids is 2. The molecule has 0 aromatic heterocycles. The van der Waals surface area contributed by atoms with Crippen LogP contribution in [0.25, 0.3) is 11.1 Å². The van der Waals surface area contributed by atoms with Crippen molar-refractivity contribution in [1.29, 1.82) is 0 Å². The van der Waals surface area contributed by atoms with E-state index in [9.17, 15) is 9.59 Å². The highest BCUT2D eigenvalue weighted by Crippen LogP contribution is 2.28. The van der Waals surface area contributed by atoms with Crippen LogP contribution in [-0.4, -0.2) is 11.6 Å².